The van der Waals surface area contributed by atoms with Crippen LogP contribution in [-0.4, -0.2) is 6.54 Å². The van der Waals surface area contributed by atoms with E-state index >= 15 is 0 Å². The summed E-state index contributed by atoms with van der Waals surface area (Å²) in [6.07, 6.45) is 5.64. The van der Waals surface area contributed by atoms with E-state index in [2.05, 4.69) is 37.5 Å². The summed E-state index contributed by atoms with van der Waals surface area (Å²) < 4.78 is 0. The molecule has 2 heteroatoms. The molecule has 0 bridgehead atoms. The molecular weight excluding hydrogens is 214 g/mol. The van der Waals surface area contributed by atoms with Gasteiger partial charge in [-0.1, -0.05) is 19.8 Å². The highest BCUT2D eigenvalue weighted by atomic mass is 32.1. The normalized spacial score (nSPS) is 21.2. The predicted octanol–water partition coefficient (Wildman–Crippen LogP) is 4.29. The van der Waals surface area contributed by atoms with Crippen LogP contribution in [-0.2, 0) is 0 Å². The van der Waals surface area contributed by atoms with Gasteiger partial charge in [0.05, 0.1) is 0 Å². The maximum Gasteiger partial charge on any atom is 0.0388 e. The van der Waals surface area contributed by atoms with Crippen LogP contribution in [0.5, 0.6) is 0 Å². The van der Waals surface area contributed by atoms with Gasteiger partial charge in [0.25, 0.3) is 0 Å². The van der Waals surface area contributed by atoms with Gasteiger partial charge in [-0.2, -0.15) is 0 Å². The molecule has 1 heterocycles. The van der Waals surface area contributed by atoms with E-state index in [0.29, 0.717) is 11.5 Å². The number of thiophene rings is 1. The molecule has 1 unspecified atom stereocenters. The summed E-state index contributed by atoms with van der Waals surface area (Å²) in [5.41, 5.74) is 1.99. The first-order chi connectivity index (χ1) is 7.61. The monoisotopic (exact) mass is 237 g/mol. The number of nitrogens with one attached hydrogen (secondary N) is 1. The lowest BCUT2D eigenvalue weighted by Crippen LogP contribution is -2.31. The first-order valence-electron chi connectivity index (χ1n) is 6.38. The smallest absolute Gasteiger partial charge is 0.0388 e. The van der Waals surface area contributed by atoms with Crippen molar-refractivity contribution < 1.29 is 0 Å². The molecule has 0 aliphatic heterocycles. The van der Waals surface area contributed by atoms with Crippen LogP contribution in [0.3, 0.4) is 0 Å². The summed E-state index contributed by atoms with van der Waals surface area (Å²) >= 11 is 1.88. The zero-order valence-electron chi connectivity index (χ0n) is 10.7. The van der Waals surface area contributed by atoms with Crippen molar-refractivity contribution in [2.45, 2.75) is 52.5 Å². The molecule has 0 amide bonds. The third-order valence-corrected chi connectivity index (χ3v) is 5.14. The van der Waals surface area contributed by atoms with Gasteiger partial charge in [-0.15, -0.1) is 11.3 Å². The van der Waals surface area contributed by atoms with Crippen LogP contribution in [0.4, 0.5) is 0 Å². The van der Waals surface area contributed by atoms with Crippen molar-refractivity contribution in [1.29, 1.82) is 0 Å². The molecule has 1 aromatic rings. The van der Waals surface area contributed by atoms with Gasteiger partial charge in [0, 0.05) is 17.5 Å². The lowest BCUT2D eigenvalue weighted by Gasteiger charge is -2.26. The highest BCUT2D eigenvalue weighted by Gasteiger charge is 2.28. The first kappa shape index (κ1) is 12.1. The molecule has 1 aromatic heterocycles. The fourth-order valence-corrected chi connectivity index (χ4v) is 3.69. The van der Waals surface area contributed by atoms with Gasteiger partial charge in [0.2, 0.25) is 0 Å². The van der Waals surface area contributed by atoms with E-state index in [1.165, 1.54) is 42.7 Å². The maximum atomic E-state index is 3.72. The molecule has 1 aliphatic carbocycles. The van der Waals surface area contributed by atoms with Crippen molar-refractivity contribution in [3.63, 3.8) is 0 Å². The van der Waals surface area contributed by atoms with Crippen LogP contribution in [0, 0.1) is 12.3 Å². The average molecular weight is 237 g/mol. The van der Waals surface area contributed by atoms with E-state index in [9.17, 15) is 0 Å². The Bertz CT molecular complexity index is 336. The minimum absolute atomic E-state index is 0.512. The summed E-state index contributed by atoms with van der Waals surface area (Å²) in [5.74, 6) is 0. The van der Waals surface area contributed by atoms with Crippen LogP contribution in [0.25, 0.3) is 0 Å². The zero-order valence-corrected chi connectivity index (χ0v) is 11.5. The number of aryl methyl sites for hydroxylation is 1. The second kappa shape index (κ2) is 4.89. The zero-order chi connectivity index (χ0) is 11.6. The molecule has 0 saturated heterocycles. The van der Waals surface area contributed by atoms with Crippen molar-refractivity contribution in [2.24, 2.45) is 5.41 Å². The number of rotatable bonds is 4. The molecule has 0 spiro atoms. The molecule has 1 N–H and O–H groups in total. The second-order valence-electron chi connectivity index (χ2n) is 5.59. The second-order valence-corrected chi connectivity index (χ2v) is 6.54. The topological polar surface area (TPSA) is 12.0 Å². The van der Waals surface area contributed by atoms with Crippen molar-refractivity contribution in [3.8, 4) is 0 Å². The van der Waals surface area contributed by atoms with Gasteiger partial charge >= 0.3 is 0 Å². The lowest BCUT2D eigenvalue weighted by molar-refractivity contribution is 0.302. The molecule has 1 aliphatic rings. The summed E-state index contributed by atoms with van der Waals surface area (Å²) in [6, 6.07) is 2.73. The molecule has 90 valence electrons. The summed E-state index contributed by atoms with van der Waals surface area (Å²) in [6.45, 7) is 8.10. The van der Waals surface area contributed by atoms with Gasteiger partial charge in [0.1, 0.15) is 0 Å². The van der Waals surface area contributed by atoms with Gasteiger partial charge in [-0.3, -0.25) is 0 Å². The molecule has 2 rings (SSSR count). The SMILES string of the molecule is Cc1ccsc1C(C)NCC1(C)CCCC1. The molecule has 16 heavy (non-hydrogen) atoms. The van der Waals surface area contributed by atoms with E-state index in [4.69, 9.17) is 0 Å². The first-order valence-corrected chi connectivity index (χ1v) is 7.26. The van der Waals surface area contributed by atoms with Gasteiger partial charge in [0.15, 0.2) is 0 Å². The molecule has 1 nitrogen and oxygen atoms in total. The van der Waals surface area contributed by atoms with Gasteiger partial charge in [-0.25, -0.2) is 0 Å². The van der Waals surface area contributed by atoms with E-state index in [-0.39, 0.29) is 0 Å². The van der Waals surface area contributed by atoms with Gasteiger partial charge < -0.3 is 5.32 Å². The van der Waals surface area contributed by atoms with Crippen LogP contribution in [0.1, 0.15) is 56.0 Å². The highest BCUT2D eigenvalue weighted by molar-refractivity contribution is 7.10. The lowest BCUT2D eigenvalue weighted by atomic mass is 9.88. The quantitative estimate of drug-likeness (QED) is 0.824. The number of hydrogen-bond acceptors (Lipinski definition) is 2. The van der Waals surface area contributed by atoms with E-state index in [1.54, 1.807) is 0 Å². The van der Waals surface area contributed by atoms with Crippen molar-refractivity contribution in [1.82, 2.24) is 5.32 Å². The average Bonchev–Trinajstić information content (AvgIpc) is 2.85. The van der Waals surface area contributed by atoms with Crippen molar-refractivity contribution in [2.75, 3.05) is 6.54 Å². The summed E-state index contributed by atoms with van der Waals surface area (Å²) in [4.78, 5) is 1.50. The summed E-state index contributed by atoms with van der Waals surface area (Å²) in [5, 5.41) is 5.91. The van der Waals surface area contributed by atoms with Crippen molar-refractivity contribution in [3.05, 3.63) is 21.9 Å². The fraction of sp³-hybridized carbons (Fsp3) is 0.714. The Balaban J connectivity index is 1.88. The molecular formula is C14H23NS. The highest BCUT2D eigenvalue weighted by Crippen LogP contribution is 2.37. The van der Waals surface area contributed by atoms with E-state index in [1.807, 2.05) is 11.3 Å². The van der Waals surface area contributed by atoms with Crippen LogP contribution in [0.2, 0.25) is 0 Å². The van der Waals surface area contributed by atoms with Crippen molar-refractivity contribution >= 4 is 11.3 Å². The van der Waals surface area contributed by atoms with Crippen LogP contribution in [0.15, 0.2) is 11.4 Å². The summed E-state index contributed by atoms with van der Waals surface area (Å²) in [7, 11) is 0. The minimum Gasteiger partial charge on any atom is -0.309 e. The third-order valence-electron chi connectivity index (χ3n) is 3.94. The fourth-order valence-electron chi connectivity index (χ4n) is 2.73. The molecule has 1 saturated carbocycles. The molecule has 0 aromatic carbocycles. The Morgan fingerprint density at radius 3 is 2.69 bits per heavy atom. The standard InChI is InChI=1S/C14H23NS/c1-11-6-9-16-13(11)12(2)15-10-14(3)7-4-5-8-14/h6,9,12,15H,4-5,7-8,10H2,1-3H3. The largest absolute Gasteiger partial charge is 0.309 e. The predicted molar refractivity (Wildman–Crippen MR) is 72.0 cm³/mol. The van der Waals surface area contributed by atoms with E-state index in [0.717, 1.165) is 0 Å². The maximum absolute atomic E-state index is 3.72. The minimum atomic E-state index is 0.512. The Kier molecular flexibility index (Phi) is 3.70. The Labute approximate surface area is 103 Å². The Morgan fingerprint density at radius 1 is 1.44 bits per heavy atom. The molecule has 0 radical (unpaired) electrons. The third kappa shape index (κ3) is 2.67. The Hall–Kier alpha value is -0.340. The molecule has 1 fully saturated rings. The number of hydrogen-bond donors (Lipinski definition) is 1. The van der Waals surface area contributed by atoms with E-state index < -0.39 is 0 Å². The van der Waals surface area contributed by atoms with Crippen LogP contribution >= 0.6 is 11.3 Å². The Morgan fingerprint density at radius 2 is 2.12 bits per heavy atom. The van der Waals surface area contributed by atoms with Crippen LogP contribution < -0.4 is 5.32 Å². The van der Waals surface area contributed by atoms with Gasteiger partial charge in [-0.05, 0) is 49.1 Å². The molecule has 1 atom stereocenters.